The van der Waals surface area contributed by atoms with E-state index in [1.54, 1.807) is 11.3 Å². The molecule has 0 fully saturated rings. The number of hydrogen-bond acceptors (Lipinski definition) is 3. The molecule has 0 saturated carbocycles. The summed E-state index contributed by atoms with van der Waals surface area (Å²) in [5.74, 6) is 0.894. The van der Waals surface area contributed by atoms with Gasteiger partial charge in [-0.25, -0.2) is 4.98 Å². The average molecular weight is 317 g/mol. The van der Waals surface area contributed by atoms with Crippen LogP contribution in [0.1, 0.15) is 5.56 Å². The van der Waals surface area contributed by atoms with Crippen molar-refractivity contribution in [2.75, 3.05) is 0 Å². The molecule has 112 valence electrons. The normalized spacial score (nSPS) is 10.8. The van der Waals surface area contributed by atoms with Gasteiger partial charge in [-0.3, -0.25) is 0 Å². The predicted molar refractivity (Wildman–Crippen MR) is 95.8 cm³/mol. The fourth-order valence-corrected chi connectivity index (χ4v) is 3.51. The zero-order valence-electron chi connectivity index (χ0n) is 12.5. The summed E-state index contributed by atoms with van der Waals surface area (Å²) < 4.78 is 7.12. The second-order valence-corrected chi connectivity index (χ2v) is 6.26. The van der Waals surface area contributed by atoms with Crippen LogP contribution in [0.5, 0.6) is 5.75 Å². The molecule has 0 aliphatic carbocycles. The van der Waals surface area contributed by atoms with Crippen LogP contribution in [0.25, 0.3) is 20.8 Å². The molecule has 4 rings (SSSR count). The van der Waals surface area contributed by atoms with Crippen LogP contribution in [0, 0.1) is 0 Å². The number of benzene rings is 3. The van der Waals surface area contributed by atoms with Gasteiger partial charge in [0, 0.05) is 5.56 Å². The number of ether oxygens (including phenoxy) is 1. The third-order valence-electron chi connectivity index (χ3n) is 3.64. The Morgan fingerprint density at radius 3 is 2.30 bits per heavy atom. The van der Waals surface area contributed by atoms with E-state index in [1.807, 2.05) is 54.6 Å². The van der Waals surface area contributed by atoms with Gasteiger partial charge >= 0.3 is 0 Å². The summed E-state index contributed by atoms with van der Waals surface area (Å²) in [7, 11) is 0. The van der Waals surface area contributed by atoms with E-state index in [9.17, 15) is 0 Å². The summed E-state index contributed by atoms with van der Waals surface area (Å²) in [5.41, 5.74) is 3.29. The third kappa shape index (κ3) is 2.96. The SMILES string of the molecule is c1ccc(COc2cccc3nc(-c4ccccc4)sc23)cc1. The van der Waals surface area contributed by atoms with E-state index < -0.39 is 0 Å². The van der Waals surface area contributed by atoms with Crippen molar-refractivity contribution >= 4 is 21.6 Å². The number of fused-ring (bicyclic) bond motifs is 1. The van der Waals surface area contributed by atoms with Crippen LogP contribution >= 0.6 is 11.3 Å². The maximum absolute atomic E-state index is 6.02. The quantitative estimate of drug-likeness (QED) is 0.493. The van der Waals surface area contributed by atoms with E-state index in [0.29, 0.717) is 6.61 Å². The van der Waals surface area contributed by atoms with Crippen LogP contribution < -0.4 is 4.74 Å². The molecule has 0 N–H and O–H groups in total. The van der Waals surface area contributed by atoms with Gasteiger partial charge in [0.2, 0.25) is 0 Å². The fourth-order valence-electron chi connectivity index (χ4n) is 2.48. The second-order valence-electron chi connectivity index (χ2n) is 5.26. The lowest BCUT2D eigenvalue weighted by molar-refractivity contribution is 0.310. The van der Waals surface area contributed by atoms with Gasteiger partial charge in [0.05, 0.1) is 10.2 Å². The van der Waals surface area contributed by atoms with Gasteiger partial charge in [0.15, 0.2) is 0 Å². The molecule has 0 radical (unpaired) electrons. The Kier molecular flexibility index (Phi) is 3.78. The van der Waals surface area contributed by atoms with Crippen LogP contribution in [0.15, 0.2) is 78.9 Å². The van der Waals surface area contributed by atoms with E-state index >= 15 is 0 Å². The van der Waals surface area contributed by atoms with Crippen molar-refractivity contribution in [3.05, 3.63) is 84.4 Å². The molecule has 0 spiro atoms. The molecule has 4 aromatic rings. The standard InChI is InChI=1S/C20H15NOS/c1-3-8-15(9-4-1)14-22-18-13-7-12-17-19(18)23-20(21-17)16-10-5-2-6-11-16/h1-13H,14H2. The minimum absolute atomic E-state index is 0.568. The van der Waals surface area contributed by atoms with Gasteiger partial charge in [0.25, 0.3) is 0 Å². The third-order valence-corrected chi connectivity index (χ3v) is 4.77. The molecule has 3 aromatic carbocycles. The first-order chi connectivity index (χ1) is 11.4. The first-order valence-electron chi connectivity index (χ1n) is 7.52. The van der Waals surface area contributed by atoms with Gasteiger partial charge in [-0.1, -0.05) is 66.7 Å². The number of thiazole rings is 1. The minimum Gasteiger partial charge on any atom is -0.487 e. The molecule has 0 atom stereocenters. The van der Waals surface area contributed by atoms with Gasteiger partial charge < -0.3 is 4.74 Å². The largest absolute Gasteiger partial charge is 0.487 e. The Bertz CT molecular complexity index is 916. The highest BCUT2D eigenvalue weighted by atomic mass is 32.1. The van der Waals surface area contributed by atoms with E-state index in [1.165, 1.54) is 0 Å². The molecule has 23 heavy (non-hydrogen) atoms. The van der Waals surface area contributed by atoms with E-state index in [0.717, 1.165) is 32.1 Å². The molecule has 1 heterocycles. The molecule has 1 aromatic heterocycles. The van der Waals surface area contributed by atoms with E-state index in [-0.39, 0.29) is 0 Å². The van der Waals surface area contributed by atoms with Gasteiger partial charge in [-0.15, -0.1) is 11.3 Å². The molecular formula is C20H15NOS. The zero-order chi connectivity index (χ0) is 15.5. The maximum Gasteiger partial charge on any atom is 0.139 e. The summed E-state index contributed by atoms with van der Waals surface area (Å²) in [6.07, 6.45) is 0. The molecule has 0 amide bonds. The van der Waals surface area contributed by atoms with Crippen molar-refractivity contribution in [3.63, 3.8) is 0 Å². The second kappa shape index (κ2) is 6.23. The van der Waals surface area contributed by atoms with Crippen molar-refractivity contribution in [2.45, 2.75) is 6.61 Å². The van der Waals surface area contributed by atoms with E-state index in [2.05, 4.69) is 24.3 Å². The lowest BCUT2D eigenvalue weighted by atomic mass is 10.2. The molecular weight excluding hydrogens is 302 g/mol. The van der Waals surface area contributed by atoms with Crippen molar-refractivity contribution in [3.8, 4) is 16.3 Å². The number of rotatable bonds is 4. The topological polar surface area (TPSA) is 22.1 Å². The number of aromatic nitrogens is 1. The predicted octanol–water partition coefficient (Wildman–Crippen LogP) is 5.54. The van der Waals surface area contributed by atoms with Gasteiger partial charge in [0.1, 0.15) is 17.4 Å². The molecule has 2 nitrogen and oxygen atoms in total. The summed E-state index contributed by atoms with van der Waals surface area (Å²) in [4.78, 5) is 4.74. The van der Waals surface area contributed by atoms with Crippen LogP contribution in [-0.4, -0.2) is 4.98 Å². The van der Waals surface area contributed by atoms with Crippen LogP contribution in [0.2, 0.25) is 0 Å². The molecule has 0 aliphatic heterocycles. The summed E-state index contributed by atoms with van der Waals surface area (Å²) >= 11 is 1.68. The Labute approximate surface area is 139 Å². The molecule has 0 saturated heterocycles. The Hall–Kier alpha value is -2.65. The minimum atomic E-state index is 0.568. The maximum atomic E-state index is 6.02. The summed E-state index contributed by atoms with van der Waals surface area (Å²) in [5, 5.41) is 1.02. The van der Waals surface area contributed by atoms with Crippen LogP contribution in [-0.2, 0) is 6.61 Å². The van der Waals surface area contributed by atoms with Crippen molar-refractivity contribution in [1.29, 1.82) is 0 Å². The Morgan fingerprint density at radius 2 is 1.52 bits per heavy atom. The zero-order valence-corrected chi connectivity index (χ0v) is 13.3. The number of hydrogen-bond donors (Lipinski definition) is 0. The lowest BCUT2D eigenvalue weighted by Crippen LogP contribution is -1.94. The average Bonchev–Trinajstić information content (AvgIpc) is 3.06. The number of nitrogens with zero attached hydrogens (tertiary/aromatic N) is 1. The van der Waals surface area contributed by atoms with Gasteiger partial charge in [-0.05, 0) is 17.7 Å². The van der Waals surface area contributed by atoms with Crippen LogP contribution in [0.3, 0.4) is 0 Å². The monoisotopic (exact) mass is 317 g/mol. The van der Waals surface area contributed by atoms with Gasteiger partial charge in [-0.2, -0.15) is 0 Å². The molecule has 0 unspecified atom stereocenters. The molecule has 0 bridgehead atoms. The Morgan fingerprint density at radius 1 is 0.783 bits per heavy atom. The van der Waals surface area contributed by atoms with Crippen molar-refractivity contribution in [1.82, 2.24) is 4.98 Å². The molecule has 0 aliphatic rings. The fraction of sp³-hybridized carbons (Fsp3) is 0.0500. The lowest BCUT2D eigenvalue weighted by Gasteiger charge is -2.06. The van der Waals surface area contributed by atoms with E-state index in [4.69, 9.17) is 9.72 Å². The highest BCUT2D eigenvalue weighted by Gasteiger charge is 2.10. The van der Waals surface area contributed by atoms with Crippen LogP contribution in [0.4, 0.5) is 0 Å². The van der Waals surface area contributed by atoms with Crippen molar-refractivity contribution < 1.29 is 4.74 Å². The van der Waals surface area contributed by atoms with Crippen molar-refractivity contribution in [2.24, 2.45) is 0 Å². The molecule has 3 heteroatoms. The summed E-state index contributed by atoms with van der Waals surface area (Å²) in [6.45, 7) is 0.568. The highest BCUT2D eigenvalue weighted by molar-refractivity contribution is 7.22. The smallest absolute Gasteiger partial charge is 0.139 e. The summed E-state index contributed by atoms with van der Waals surface area (Å²) in [6, 6.07) is 26.5. The Balaban J connectivity index is 1.66. The highest BCUT2D eigenvalue weighted by Crippen LogP contribution is 2.36. The first kappa shape index (κ1) is 14.0. The first-order valence-corrected chi connectivity index (χ1v) is 8.33.